The maximum atomic E-state index is 14.7. The van der Waals surface area contributed by atoms with Crippen molar-refractivity contribution >= 4 is 16.6 Å². The maximum absolute atomic E-state index is 14.7. The predicted molar refractivity (Wildman–Crippen MR) is 136 cm³/mol. The van der Waals surface area contributed by atoms with Crippen molar-refractivity contribution in [1.82, 2.24) is 19.6 Å². The molecule has 3 aliphatic rings. The summed E-state index contributed by atoms with van der Waals surface area (Å²) in [6.07, 6.45) is 3.94. The first-order valence-corrected chi connectivity index (χ1v) is 12.9. The largest absolute Gasteiger partial charge is 0.488 e. The van der Waals surface area contributed by atoms with Crippen LogP contribution in [0.15, 0.2) is 29.1 Å². The van der Waals surface area contributed by atoms with E-state index in [-0.39, 0.29) is 23.9 Å². The second kappa shape index (κ2) is 8.30. The number of halogens is 1. The van der Waals surface area contributed by atoms with Gasteiger partial charge in [0.1, 0.15) is 34.6 Å². The molecule has 0 amide bonds. The summed E-state index contributed by atoms with van der Waals surface area (Å²) in [5.74, 6) is 0.791. The van der Waals surface area contributed by atoms with Crippen molar-refractivity contribution in [2.45, 2.75) is 70.9 Å². The van der Waals surface area contributed by atoms with Gasteiger partial charge in [0, 0.05) is 37.5 Å². The highest BCUT2D eigenvalue weighted by atomic mass is 19.1. The van der Waals surface area contributed by atoms with Gasteiger partial charge in [-0.05, 0) is 63.3 Å². The molecule has 1 saturated carbocycles. The van der Waals surface area contributed by atoms with Crippen LogP contribution in [-0.2, 0) is 11.8 Å². The fraction of sp³-hybridized carbons (Fsp3) is 0.593. The summed E-state index contributed by atoms with van der Waals surface area (Å²) >= 11 is 0. The SMILES string of the molecule is Cn1nc(-c2nn(C3CCCCO3)c3ccc(OC4(C)CC4)cc23)cc(N2CC(F)C(C)(C)C2)c1=O. The first-order valence-electron chi connectivity index (χ1n) is 12.9. The number of anilines is 1. The number of hydrogen-bond donors (Lipinski definition) is 0. The minimum Gasteiger partial charge on any atom is -0.488 e. The lowest BCUT2D eigenvalue weighted by molar-refractivity contribution is -0.0365. The minimum atomic E-state index is -1.01. The highest BCUT2D eigenvalue weighted by Crippen LogP contribution is 2.42. The van der Waals surface area contributed by atoms with Gasteiger partial charge in [0.05, 0.1) is 5.52 Å². The first kappa shape index (κ1) is 23.5. The van der Waals surface area contributed by atoms with E-state index < -0.39 is 11.6 Å². The topological polar surface area (TPSA) is 74.4 Å². The van der Waals surface area contributed by atoms with E-state index >= 15 is 0 Å². The Balaban J connectivity index is 1.48. The molecule has 8 nitrogen and oxygen atoms in total. The van der Waals surface area contributed by atoms with Crippen LogP contribution in [0, 0.1) is 5.41 Å². The third kappa shape index (κ3) is 4.07. The molecule has 192 valence electrons. The van der Waals surface area contributed by atoms with Gasteiger partial charge < -0.3 is 14.4 Å². The molecule has 0 radical (unpaired) electrons. The predicted octanol–water partition coefficient (Wildman–Crippen LogP) is 4.61. The molecule has 3 fully saturated rings. The first-order chi connectivity index (χ1) is 17.1. The zero-order valence-corrected chi connectivity index (χ0v) is 21.5. The van der Waals surface area contributed by atoms with Crippen LogP contribution >= 0.6 is 0 Å². The van der Waals surface area contributed by atoms with Crippen molar-refractivity contribution in [1.29, 1.82) is 0 Å². The molecule has 4 heterocycles. The van der Waals surface area contributed by atoms with Crippen molar-refractivity contribution in [2.24, 2.45) is 12.5 Å². The Morgan fingerprint density at radius 3 is 2.61 bits per heavy atom. The number of aromatic nitrogens is 4. The van der Waals surface area contributed by atoms with E-state index in [0.29, 0.717) is 30.2 Å². The lowest BCUT2D eigenvalue weighted by Gasteiger charge is -2.23. The number of hydrogen-bond acceptors (Lipinski definition) is 6. The van der Waals surface area contributed by atoms with E-state index in [2.05, 4.69) is 12.0 Å². The quantitative estimate of drug-likeness (QED) is 0.515. The average molecular weight is 496 g/mol. The van der Waals surface area contributed by atoms with Crippen molar-refractivity contribution in [3.05, 3.63) is 34.6 Å². The van der Waals surface area contributed by atoms with Crippen LogP contribution in [0.5, 0.6) is 5.75 Å². The van der Waals surface area contributed by atoms with Gasteiger partial charge in [-0.1, -0.05) is 13.8 Å². The van der Waals surface area contributed by atoms with Gasteiger partial charge >= 0.3 is 0 Å². The summed E-state index contributed by atoms with van der Waals surface area (Å²) < 4.78 is 30.3. The molecule has 2 aromatic heterocycles. The van der Waals surface area contributed by atoms with Crippen LogP contribution in [0.4, 0.5) is 10.1 Å². The third-order valence-corrected chi connectivity index (χ3v) is 7.88. The van der Waals surface area contributed by atoms with Crippen LogP contribution < -0.4 is 15.2 Å². The Morgan fingerprint density at radius 1 is 1.14 bits per heavy atom. The normalized spacial score (nSPS) is 24.9. The van der Waals surface area contributed by atoms with Crippen LogP contribution in [0.25, 0.3) is 22.3 Å². The second-order valence-electron chi connectivity index (χ2n) is 11.5. The molecule has 1 aromatic carbocycles. The molecule has 36 heavy (non-hydrogen) atoms. The van der Waals surface area contributed by atoms with Gasteiger partial charge in [-0.15, -0.1) is 0 Å². The molecule has 0 N–H and O–H groups in total. The molecular formula is C27H34FN5O3. The van der Waals surface area contributed by atoms with Crippen molar-refractivity contribution in [2.75, 3.05) is 24.6 Å². The average Bonchev–Trinajstić information content (AvgIpc) is 3.34. The highest BCUT2D eigenvalue weighted by Gasteiger charge is 2.41. The van der Waals surface area contributed by atoms with Gasteiger partial charge in [0.2, 0.25) is 0 Å². The molecule has 2 aliphatic heterocycles. The Morgan fingerprint density at radius 2 is 1.94 bits per heavy atom. The molecule has 1 aliphatic carbocycles. The van der Waals surface area contributed by atoms with E-state index in [0.717, 1.165) is 48.8 Å². The number of aryl methyl sites for hydroxylation is 1. The molecule has 3 aromatic rings. The van der Waals surface area contributed by atoms with Crippen LogP contribution in [-0.4, -0.2) is 51.0 Å². The fourth-order valence-corrected chi connectivity index (χ4v) is 5.29. The molecule has 9 heteroatoms. The molecule has 2 atom stereocenters. The number of benzene rings is 1. The minimum absolute atomic E-state index is 0.107. The van der Waals surface area contributed by atoms with Gasteiger partial charge in [0.25, 0.3) is 5.56 Å². The standard InChI is InChI=1S/C27H34FN5O3/c1-26(2)16-32(15-22(26)28)21-14-19(29-31(4)25(21)34)24-18-13-17(36-27(3)10-11-27)8-9-20(18)33(30-24)23-7-5-6-12-35-23/h8-9,13-14,22-23H,5-7,10-12,15-16H2,1-4H3. The van der Waals surface area contributed by atoms with E-state index in [4.69, 9.17) is 14.6 Å². The van der Waals surface area contributed by atoms with E-state index in [9.17, 15) is 9.18 Å². The van der Waals surface area contributed by atoms with E-state index in [1.54, 1.807) is 13.1 Å². The Labute approximate surface area is 210 Å². The lowest BCUT2D eigenvalue weighted by atomic mass is 9.91. The summed E-state index contributed by atoms with van der Waals surface area (Å²) in [6, 6.07) is 7.80. The fourth-order valence-electron chi connectivity index (χ4n) is 5.29. The summed E-state index contributed by atoms with van der Waals surface area (Å²) in [5.41, 5.74) is 1.75. The van der Waals surface area contributed by atoms with Gasteiger partial charge in [-0.25, -0.2) is 13.8 Å². The summed E-state index contributed by atoms with van der Waals surface area (Å²) in [4.78, 5) is 14.9. The zero-order chi connectivity index (χ0) is 25.2. The number of rotatable bonds is 5. The molecule has 2 unspecified atom stereocenters. The number of nitrogens with zero attached hydrogens (tertiary/aromatic N) is 5. The second-order valence-corrected chi connectivity index (χ2v) is 11.5. The number of fused-ring (bicyclic) bond motifs is 1. The molecule has 0 spiro atoms. The Bertz CT molecular complexity index is 1370. The number of ether oxygens (including phenoxy) is 2. The summed E-state index contributed by atoms with van der Waals surface area (Å²) in [5, 5.41) is 10.5. The van der Waals surface area contributed by atoms with Crippen LogP contribution in [0.1, 0.15) is 59.1 Å². The van der Waals surface area contributed by atoms with Crippen LogP contribution in [0.2, 0.25) is 0 Å². The zero-order valence-electron chi connectivity index (χ0n) is 21.5. The van der Waals surface area contributed by atoms with E-state index in [1.807, 2.05) is 41.6 Å². The van der Waals surface area contributed by atoms with Gasteiger partial charge in [-0.2, -0.15) is 10.2 Å². The van der Waals surface area contributed by atoms with Crippen molar-refractivity contribution in [3.8, 4) is 17.1 Å². The molecule has 2 saturated heterocycles. The monoisotopic (exact) mass is 495 g/mol. The Hall–Kier alpha value is -2.94. The Kier molecular flexibility index (Phi) is 5.41. The van der Waals surface area contributed by atoms with Crippen molar-refractivity contribution in [3.63, 3.8) is 0 Å². The summed E-state index contributed by atoms with van der Waals surface area (Å²) in [6.45, 7) is 7.27. The van der Waals surface area contributed by atoms with Gasteiger partial charge in [-0.3, -0.25) is 4.79 Å². The molecule has 0 bridgehead atoms. The number of alkyl halides is 1. The summed E-state index contributed by atoms with van der Waals surface area (Å²) in [7, 11) is 1.63. The molecule has 6 rings (SSSR count). The molecular weight excluding hydrogens is 461 g/mol. The smallest absolute Gasteiger partial charge is 0.290 e. The maximum Gasteiger partial charge on any atom is 0.290 e. The third-order valence-electron chi connectivity index (χ3n) is 7.88. The van der Waals surface area contributed by atoms with Crippen LogP contribution in [0.3, 0.4) is 0 Å². The van der Waals surface area contributed by atoms with Crippen molar-refractivity contribution < 1.29 is 13.9 Å². The van der Waals surface area contributed by atoms with E-state index in [1.165, 1.54) is 4.68 Å². The lowest BCUT2D eigenvalue weighted by Crippen LogP contribution is -2.32. The highest BCUT2D eigenvalue weighted by molar-refractivity contribution is 5.93. The van der Waals surface area contributed by atoms with Gasteiger partial charge in [0.15, 0.2) is 6.23 Å².